The van der Waals surface area contributed by atoms with Crippen molar-refractivity contribution in [2.24, 2.45) is 0 Å². The first-order valence-electron chi connectivity index (χ1n) is 10.5. The van der Waals surface area contributed by atoms with Crippen LogP contribution in [0.2, 0.25) is 0 Å². The van der Waals surface area contributed by atoms with Gasteiger partial charge in [0.15, 0.2) is 0 Å². The normalized spacial score (nSPS) is 15.3. The number of thioether (sulfide) groups is 1. The Labute approximate surface area is 195 Å². The Morgan fingerprint density at radius 2 is 2.09 bits per heavy atom. The molecule has 0 unspecified atom stereocenters. The fourth-order valence-electron chi connectivity index (χ4n) is 3.51. The van der Waals surface area contributed by atoms with Gasteiger partial charge in [-0.05, 0) is 37.5 Å². The second-order valence-electron chi connectivity index (χ2n) is 7.48. The van der Waals surface area contributed by atoms with Gasteiger partial charge < -0.3 is 9.88 Å². The maximum atomic E-state index is 13.4. The summed E-state index contributed by atoms with van der Waals surface area (Å²) < 4.78 is 4.03. The summed E-state index contributed by atoms with van der Waals surface area (Å²) in [6, 6.07) is 3.73. The maximum absolute atomic E-state index is 13.4. The molecule has 10 heteroatoms. The van der Waals surface area contributed by atoms with Crippen LogP contribution in [0.4, 0.5) is 5.82 Å². The fourth-order valence-corrected chi connectivity index (χ4v) is 4.80. The second-order valence-corrected chi connectivity index (χ2v) is 9.15. The van der Waals surface area contributed by atoms with E-state index in [9.17, 15) is 9.59 Å². The minimum Gasteiger partial charge on any atom is -0.369 e. The molecule has 32 heavy (non-hydrogen) atoms. The van der Waals surface area contributed by atoms with Gasteiger partial charge >= 0.3 is 0 Å². The zero-order valence-corrected chi connectivity index (χ0v) is 19.6. The average molecular weight is 469 g/mol. The number of fused-ring (bicyclic) bond motifs is 1. The molecule has 3 aromatic heterocycles. The van der Waals surface area contributed by atoms with Gasteiger partial charge in [0.1, 0.15) is 15.8 Å². The molecule has 8 nitrogen and oxygen atoms in total. The van der Waals surface area contributed by atoms with Crippen molar-refractivity contribution in [1.29, 1.82) is 0 Å². The van der Waals surface area contributed by atoms with Crippen molar-refractivity contribution < 1.29 is 4.79 Å². The van der Waals surface area contributed by atoms with Crippen LogP contribution in [0.5, 0.6) is 0 Å². The van der Waals surface area contributed by atoms with E-state index in [1.807, 2.05) is 36.7 Å². The van der Waals surface area contributed by atoms with Crippen LogP contribution < -0.4 is 10.9 Å². The molecule has 0 bridgehead atoms. The predicted molar refractivity (Wildman–Crippen MR) is 132 cm³/mol. The first kappa shape index (κ1) is 22.2. The molecule has 1 saturated heterocycles. The Morgan fingerprint density at radius 3 is 2.84 bits per heavy atom. The molecular weight excluding hydrogens is 444 g/mol. The number of amides is 1. The summed E-state index contributed by atoms with van der Waals surface area (Å²) in [4.78, 5) is 37.0. The molecule has 0 aromatic carbocycles. The number of rotatable bonds is 8. The maximum Gasteiger partial charge on any atom is 0.267 e. The van der Waals surface area contributed by atoms with Crippen LogP contribution in [0.25, 0.3) is 11.7 Å². The third kappa shape index (κ3) is 4.46. The van der Waals surface area contributed by atoms with Gasteiger partial charge in [-0.25, -0.2) is 9.97 Å². The van der Waals surface area contributed by atoms with Gasteiger partial charge in [0.05, 0.1) is 16.8 Å². The largest absolute Gasteiger partial charge is 0.369 e. The fraction of sp³-hybridized carbons (Fsp3) is 0.318. The number of carbonyl (C=O) groups is 1. The van der Waals surface area contributed by atoms with Gasteiger partial charge in [-0.3, -0.25) is 18.9 Å². The van der Waals surface area contributed by atoms with E-state index in [1.54, 1.807) is 29.7 Å². The van der Waals surface area contributed by atoms with Crippen molar-refractivity contribution in [3.8, 4) is 0 Å². The number of aryl methyl sites for hydroxylation is 2. The zero-order valence-electron chi connectivity index (χ0n) is 17.9. The van der Waals surface area contributed by atoms with Crippen LogP contribution in [0.15, 0.2) is 46.8 Å². The number of carbonyl (C=O) groups excluding carboxylic acids is 1. The monoisotopic (exact) mass is 468 g/mol. The number of nitrogens with one attached hydrogen (secondary N) is 1. The summed E-state index contributed by atoms with van der Waals surface area (Å²) in [5, 5.41) is 3.30. The van der Waals surface area contributed by atoms with Crippen LogP contribution in [-0.4, -0.2) is 47.2 Å². The van der Waals surface area contributed by atoms with Gasteiger partial charge in [-0.1, -0.05) is 37.0 Å². The number of nitrogens with zero attached hydrogens (tertiary/aromatic N) is 5. The van der Waals surface area contributed by atoms with Gasteiger partial charge in [-0.15, -0.1) is 0 Å². The van der Waals surface area contributed by atoms with Crippen LogP contribution >= 0.6 is 24.0 Å². The molecule has 4 heterocycles. The number of thiocarbonyl (C=S) groups is 1. The molecule has 4 rings (SSSR count). The van der Waals surface area contributed by atoms with Crippen LogP contribution in [0.1, 0.15) is 30.9 Å². The van der Waals surface area contributed by atoms with Crippen molar-refractivity contribution in [2.45, 2.75) is 33.2 Å². The number of hydrogen-bond acceptors (Lipinski definition) is 7. The lowest BCUT2D eigenvalue weighted by Gasteiger charge is -2.13. The second kappa shape index (κ2) is 9.66. The Balaban J connectivity index is 1.69. The summed E-state index contributed by atoms with van der Waals surface area (Å²) in [6.07, 6.45) is 10.4. The molecule has 0 atom stereocenters. The van der Waals surface area contributed by atoms with Crippen molar-refractivity contribution >= 4 is 51.7 Å². The van der Waals surface area contributed by atoms with Crippen LogP contribution in [-0.2, 0) is 11.3 Å². The lowest BCUT2D eigenvalue weighted by atomic mass is 10.2. The highest BCUT2D eigenvalue weighted by Crippen LogP contribution is 2.33. The first-order valence-corrected chi connectivity index (χ1v) is 11.7. The molecule has 1 fully saturated rings. The number of anilines is 1. The highest BCUT2D eigenvalue weighted by molar-refractivity contribution is 8.26. The van der Waals surface area contributed by atoms with Gasteiger partial charge in [0.2, 0.25) is 0 Å². The molecule has 0 radical (unpaired) electrons. The van der Waals surface area contributed by atoms with E-state index < -0.39 is 0 Å². The number of aromatic nitrogens is 4. The van der Waals surface area contributed by atoms with E-state index in [0.29, 0.717) is 39.3 Å². The molecule has 3 aromatic rings. The van der Waals surface area contributed by atoms with E-state index in [2.05, 4.69) is 10.3 Å². The summed E-state index contributed by atoms with van der Waals surface area (Å²) in [7, 11) is 0. The third-order valence-electron chi connectivity index (χ3n) is 5.13. The van der Waals surface area contributed by atoms with Crippen LogP contribution in [0, 0.1) is 6.92 Å². The molecule has 166 valence electrons. The highest BCUT2D eigenvalue weighted by Gasteiger charge is 2.32. The lowest BCUT2D eigenvalue weighted by Crippen LogP contribution is -2.28. The van der Waals surface area contributed by atoms with Crippen molar-refractivity contribution in [1.82, 2.24) is 23.8 Å². The van der Waals surface area contributed by atoms with Crippen molar-refractivity contribution in [3.63, 3.8) is 0 Å². The van der Waals surface area contributed by atoms with Crippen molar-refractivity contribution in [3.05, 3.63) is 63.4 Å². The summed E-state index contributed by atoms with van der Waals surface area (Å²) in [5.41, 5.74) is 1.61. The zero-order chi connectivity index (χ0) is 22.7. The van der Waals surface area contributed by atoms with Gasteiger partial charge in [0.25, 0.3) is 11.5 Å². The molecule has 0 aliphatic carbocycles. The van der Waals surface area contributed by atoms with Crippen LogP contribution in [0.3, 0.4) is 0 Å². The Kier molecular flexibility index (Phi) is 6.71. The summed E-state index contributed by atoms with van der Waals surface area (Å²) in [5.74, 6) is 0.303. The van der Waals surface area contributed by atoms with Gasteiger partial charge in [0, 0.05) is 38.2 Å². The van der Waals surface area contributed by atoms with E-state index in [-0.39, 0.29) is 11.5 Å². The van der Waals surface area contributed by atoms with E-state index >= 15 is 0 Å². The van der Waals surface area contributed by atoms with Crippen molar-refractivity contribution in [2.75, 3.05) is 18.4 Å². The predicted octanol–water partition coefficient (Wildman–Crippen LogP) is 3.31. The lowest BCUT2D eigenvalue weighted by molar-refractivity contribution is -0.122. The molecule has 1 aliphatic rings. The Hall–Kier alpha value is -2.98. The topological polar surface area (TPSA) is 84.5 Å². The third-order valence-corrected chi connectivity index (χ3v) is 6.50. The minimum absolute atomic E-state index is 0.165. The van der Waals surface area contributed by atoms with E-state index in [0.717, 1.165) is 24.9 Å². The SMILES string of the molecule is CCCN1C(=O)/C(=C/c2c(NCCCn3ccnc3)nc3c(C)cccn3c2=O)SC1=S. The minimum atomic E-state index is -0.225. The van der Waals surface area contributed by atoms with E-state index in [1.165, 1.54) is 16.2 Å². The molecular formula is C22H24N6O2S2. The van der Waals surface area contributed by atoms with Gasteiger partial charge in [-0.2, -0.15) is 0 Å². The quantitative estimate of drug-likeness (QED) is 0.308. The average Bonchev–Trinajstić information content (AvgIpc) is 3.38. The molecule has 0 saturated carbocycles. The molecule has 0 spiro atoms. The molecule has 1 N–H and O–H groups in total. The molecule has 1 amide bonds. The number of pyridine rings is 1. The Bertz CT molecular complexity index is 1250. The number of hydrogen-bond donors (Lipinski definition) is 1. The standard InChI is InChI=1S/C22H24N6O2S2/c1-3-9-28-21(30)17(32-22(28)31)13-16-18(24-7-5-10-26-12-8-23-14-26)25-19-15(2)6-4-11-27(19)20(16)29/h4,6,8,11-14,24H,3,5,7,9-10H2,1-2H3/b17-13-. The summed E-state index contributed by atoms with van der Waals surface area (Å²) >= 11 is 6.59. The van der Waals surface area contributed by atoms with E-state index in [4.69, 9.17) is 17.2 Å². The Morgan fingerprint density at radius 1 is 1.25 bits per heavy atom. The smallest absolute Gasteiger partial charge is 0.267 e. The molecule has 1 aliphatic heterocycles. The highest BCUT2D eigenvalue weighted by atomic mass is 32.2. The number of imidazole rings is 1. The summed E-state index contributed by atoms with van der Waals surface area (Å²) in [6.45, 7) is 5.89. The first-order chi connectivity index (χ1) is 15.5.